The molecule has 0 bridgehead atoms. The van der Waals surface area contributed by atoms with Crippen molar-refractivity contribution in [3.05, 3.63) is 65.7 Å². The number of primary amides is 1. The summed E-state index contributed by atoms with van der Waals surface area (Å²) in [4.78, 5) is 71.6. The highest BCUT2D eigenvalue weighted by Gasteiger charge is 2.29. The van der Waals surface area contributed by atoms with Crippen LogP contribution >= 0.6 is 0 Å². The molecule has 0 aromatic heterocycles. The van der Waals surface area contributed by atoms with Gasteiger partial charge in [-0.2, -0.15) is 0 Å². The van der Waals surface area contributed by atoms with Crippen LogP contribution in [0.25, 0.3) is 0 Å². The molecule has 0 aliphatic carbocycles. The Morgan fingerprint density at radius 2 is 1.65 bits per heavy atom. The van der Waals surface area contributed by atoms with E-state index in [0.29, 0.717) is 24.6 Å². The number of hydrogen-bond acceptors (Lipinski definition) is 10. The first-order valence-corrected chi connectivity index (χ1v) is 15.2. The fraction of sp³-hybridized carbons (Fsp3) is 0.419. The number of aliphatic imine (C=N–C) groups is 1. The lowest BCUT2D eigenvalue weighted by Gasteiger charge is -2.26. The van der Waals surface area contributed by atoms with Gasteiger partial charge in [0.05, 0.1) is 19.1 Å². The van der Waals surface area contributed by atoms with Gasteiger partial charge in [-0.05, 0) is 42.5 Å². The molecule has 15 nitrogen and oxygen atoms in total. The topological polar surface area (TPSA) is 233 Å². The number of phenols is 1. The predicted octanol–water partition coefficient (Wildman–Crippen LogP) is -2.38. The van der Waals surface area contributed by atoms with Gasteiger partial charge in [-0.15, -0.1) is 0 Å². The van der Waals surface area contributed by atoms with Crippen LogP contribution in [0.15, 0.2) is 59.6 Å². The number of amides is 5. The number of likely N-dealkylation sites (tertiary alicyclic amines) is 1. The minimum atomic E-state index is -1.18. The Hall–Kier alpha value is -5.18. The number of guanidine groups is 1. The molecule has 2 heterocycles. The maximum atomic E-state index is 13.3. The van der Waals surface area contributed by atoms with E-state index in [1.165, 1.54) is 12.1 Å². The van der Waals surface area contributed by atoms with Crippen LogP contribution in [0.5, 0.6) is 5.75 Å². The zero-order chi connectivity index (χ0) is 33.1. The highest BCUT2D eigenvalue weighted by atomic mass is 16.3. The van der Waals surface area contributed by atoms with E-state index in [2.05, 4.69) is 31.6 Å². The van der Waals surface area contributed by atoms with E-state index in [1.807, 2.05) is 11.0 Å². The monoisotopic (exact) mass is 635 g/mol. The third-order valence-electron chi connectivity index (χ3n) is 7.67. The van der Waals surface area contributed by atoms with E-state index in [1.54, 1.807) is 36.4 Å². The summed E-state index contributed by atoms with van der Waals surface area (Å²) >= 11 is 0. The lowest BCUT2D eigenvalue weighted by atomic mass is 10.0. The van der Waals surface area contributed by atoms with Gasteiger partial charge in [0.2, 0.25) is 29.5 Å². The van der Waals surface area contributed by atoms with E-state index in [-0.39, 0.29) is 31.7 Å². The fourth-order valence-electron chi connectivity index (χ4n) is 5.11. The molecular formula is C31H41N9O6. The van der Waals surface area contributed by atoms with E-state index in [0.717, 1.165) is 18.4 Å². The van der Waals surface area contributed by atoms with E-state index < -0.39 is 60.2 Å². The van der Waals surface area contributed by atoms with Gasteiger partial charge in [-0.25, -0.2) is 0 Å². The maximum absolute atomic E-state index is 13.3. The molecule has 46 heavy (non-hydrogen) atoms. The van der Waals surface area contributed by atoms with Crippen molar-refractivity contribution in [2.75, 3.05) is 32.7 Å². The van der Waals surface area contributed by atoms with Crippen LogP contribution in [-0.4, -0.2) is 102 Å². The van der Waals surface area contributed by atoms with E-state index in [4.69, 9.17) is 11.5 Å². The fourth-order valence-corrected chi connectivity index (χ4v) is 5.11. The lowest BCUT2D eigenvalue weighted by Crippen LogP contribution is -2.58. The predicted molar refractivity (Wildman–Crippen MR) is 169 cm³/mol. The second-order valence-electron chi connectivity index (χ2n) is 11.3. The minimum Gasteiger partial charge on any atom is -0.508 e. The first-order chi connectivity index (χ1) is 22.1. The summed E-state index contributed by atoms with van der Waals surface area (Å²) in [6, 6.07) is 10.8. The number of rotatable bonds is 7. The Balaban J connectivity index is 1.57. The zero-order valence-electron chi connectivity index (χ0n) is 25.4. The van der Waals surface area contributed by atoms with Gasteiger partial charge in [0.15, 0.2) is 5.96 Å². The molecule has 0 spiro atoms. The van der Waals surface area contributed by atoms with Gasteiger partial charge in [0.25, 0.3) is 0 Å². The summed E-state index contributed by atoms with van der Waals surface area (Å²) < 4.78 is 0. The van der Waals surface area contributed by atoms with Gasteiger partial charge < -0.3 is 48.1 Å². The standard InChI is InChI=1S/C31H41N9O6/c32-22(14-20-8-10-21(41)11-9-20)28(44)39-25-17-36-31(40-12-4-5-13-40)35-16-24(27(33)43)38-30(46)23(15-19-6-2-1-3-7-19)37-26(42)18-34-29(25)45/h1-3,6-11,22-25,41H,4-5,12-18,32H2,(H2,33,43)(H,34,45)(H,35,36)(H,37,42)(H,38,46)(H,39,44)/t22-,23-,24-,25+/m0/s1. The van der Waals surface area contributed by atoms with Crippen LogP contribution in [-0.2, 0) is 36.8 Å². The van der Waals surface area contributed by atoms with Gasteiger partial charge in [0.1, 0.15) is 23.9 Å². The molecular weight excluding hydrogens is 594 g/mol. The van der Waals surface area contributed by atoms with Crippen molar-refractivity contribution in [2.24, 2.45) is 16.5 Å². The number of aromatic hydroxyl groups is 1. The average Bonchev–Trinajstić information content (AvgIpc) is 3.58. The van der Waals surface area contributed by atoms with Crippen LogP contribution in [0.1, 0.15) is 24.0 Å². The molecule has 0 saturated carbocycles. The molecule has 4 atom stereocenters. The van der Waals surface area contributed by atoms with Crippen LogP contribution < -0.4 is 38.1 Å². The van der Waals surface area contributed by atoms with Crippen molar-refractivity contribution in [1.29, 1.82) is 0 Å². The summed E-state index contributed by atoms with van der Waals surface area (Å²) in [5.74, 6) is -2.94. The van der Waals surface area contributed by atoms with Gasteiger partial charge in [0, 0.05) is 26.1 Å². The number of carbonyl (C=O) groups is 5. The number of carbonyl (C=O) groups excluding carboxylic acids is 5. The molecule has 5 amide bonds. The van der Waals surface area contributed by atoms with Crippen LogP contribution in [0.2, 0.25) is 0 Å². The lowest BCUT2D eigenvalue weighted by molar-refractivity contribution is -0.132. The highest BCUT2D eigenvalue weighted by Crippen LogP contribution is 2.11. The van der Waals surface area contributed by atoms with Crippen LogP contribution in [0.3, 0.4) is 0 Å². The van der Waals surface area contributed by atoms with Gasteiger partial charge >= 0.3 is 0 Å². The van der Waals surface area contributed by atoms with Crippen LogP contribution in [0.4, 0.5) is 0 Å². The zero-order valence-corrected chi connectivity index (χ0v) is 25.4. The molecule has 2 aliphatic rings. The molecule has 10 N–H and O–H groups in total. The third-order valence-corrected chi connectivity index (χ3v) is 7.67. The molecule has 0 unspecified atom stereocenters. The number of benzene rings is 2. The third kappa shape index (κ3) is 9.92. The van der Waals surface area contributed by atoms with E-state index >= 15 is 0 Å². The maximum Gasteiger partial charge on any atom is 0.244 e. The molecule has 2 aliphatic heterocycles. The molecule has 2 aromatic rings. The minimum absolute atomic E-state index is 0.0770. The number of nitrogens with two attached hydrogens (primary N) is 2. The summed E-state index contributed by atoms with van der Waals surface area (Å²) in [7, 11) is 0. The first-order valence-electron chi connectivity index (χ1n) is 15.2. The Bertz CT molecular complexity index is 1410. The molecule has 1 saturated heterocycles. The van der Waals surface area contributed by atoms with Crippen molar-refractivity contribution < 1.29 is 29.1 Å². The van der Waals surface area contributed by atoms with E-state index in [9.17, 15) is 29.1 Å². The van der Waals surface area contributed by atoms with Gasteiger partial charge in [-0.3, -0.25) is 29.0 Å². The normalized spacial score (nSPS) is 22.1. The van der Waals surface area contributed by atoms with Crippen molar-refractivity contribution in [3.63, 3.8) is 0 Å². The van der Waals surface area contributed by atoms with Crippen molar-refractivity contribution >= 4 is 35.5 Å². The SMILES string of the molecule is NC(=O)[C@@H]1CN=C(N2CCCC2)NC[C@@H](NC(=O)[C@@H](N)Cc2ccc(O)cc2)C(=O)NCC(=O)N[C@@H](Cc2ccccc2)C(=O)N1. The van der Waals surface area contributed by atoms with Crippen molar-refractivity contribution in [3.8, 4) is 5.75 Å². The molecule has 0 radical (unpaired) electrons. The summed E-state index contributed by atoms with van der Waals surface area (Å²) in [6.07, 6.45) is 2.06. The van der Waals surface area contributed by atoms with Crippen molar-refractivity contribution in [1.82, 2.24) is 31.5 Å². The Morgan fingerprint density at radius 3 is 2.33 bits per heavy atom. The number of nitrogens with zero attached hydrogens (tertiary/aromatic N) is 2. The molecule has 15 heteroatoms. The molecule has 4 rings (SSSR count). The Kier molecular flexibility index (Phi) is 11.9. The number of phenolic OH excluding ortho intramolecular Hbond substituents is 1. The molecule has 2 aromatic carbocycles. The summed E-state index contributed by atoms with van der Waals surface area (Å²) in [5.41, 5.74) is 13.3. The van der Waals surface area contributed by atoms with Crippen molar-refractivity contribution in [2.45, 2.75) is 49.9 Å². The first kappa shape index (κ1) is 33.7. The average molecular weight is 636 g/mol. The smallest absolute Gasteiger partial charge is 0.244 e. The Morgan fingerprint density at radius 1 is 0.957 bits per heavy atom. The second-order valence-corrected chi connectivity index (χ2v) is 11.3. The highest BCUT2D eigenvalue weighted by molar-refractivity contribution is 5.95. The van der Waals surface area contributed by atoms with Gasteiger partial charge in [-0.1, -0.05) is 42.5 Å². The Labute approximate surface area is 266 Å². The number of nitrogens with one attached hydrogen (secondary N) is 5. The molecule has 246 valence electrons. The quantitative estimate of drug-likeness (QED) is 0.162. The second kappa shape index (κ2) is 16.2. The molecule has 1 fully saturated rings. The summed E-state index contributed by atoms with van der Waals surface area (Å²) in [5, 5.41) is 23.1. The largest absolute Gasteiger partial charge is 0.508 e. The summed E-state index contributed by atoms with van der Waals surface area (Å²) in [6.45, 7) is 0.516. The van der Waals surface area contributed by atoms with Crippen LogP contribution in [0, 0.1) is 0 Å². The number of hydrogen-bond donors (Lipinski definition) is 8.